The number of alkyl halides is 3. The Morgan fingerprint density at radius 1 is 1.32 bits per heavy atom. The van der Waals surface area contributed by atoms with E-state index >= 15 is 0 Å². The highest BCUT2D eigenvalue weighted by molar-refractivity contribution is 9.10. The number of benzene rings is 1. The number of carbonyl (C=O) groups is 1. The third-order valence-electron chi connectivity index (χ3n) is 2.29. The first-order valence-electron chi connectivity index (χ1n) is 4.90. The lowest BCUT2D eigenvalue weighted by atomic mass is 10.1. The van der Waals surface area contributed by atoms with Gasteiger partial charge in [-0.2, -0.15) is 13.2 Å². The zero-order valence-corrected chi connectivity index (χ0v) is 11.4. The fourth-order valence-corrected chi connectivity index (χ4v) is 2.26. The Labute approximate surface area is 118 Å². The van der Waals surface area contributed by atoms with E-state index in [2.05, 4.69) is 25.9 Å². The van der Waals surface area contributed by atoms with Crippen LogP contribution in [0, 0.1) is 0 Å². The summed E-state index contributed by atoms with van der Waals surface area (Å²) in [7, 11) is 0. The number of H-pyrrole nitrogens is 1. The Kier molecular flexibility index (Phi) is 3.69. The van der Waals surface area contributed by atoms with Crippen molar-refractivity contribution in [2.45, 2.75) is 6.18 Å². The third-order valence-corrected chi connectivity index (χ3v) is 3.08. The standard InChI is InChI=1S/C11H5BrClF3N2O/c12-10-9(17-8(4-19)18-10)5-1-6(11(14,15)16)3-7(13)2-5/h1-4H,(H,17,18). The van der Waals surface area contributed by atoms with E-state index in [0.717, 1.165) is 12.1 Å². The van der Waals surface area contributed by atoms with Crippen molar-refractivity contribution in [3.63, 3.8) is 0 Å². The maximum atomic E-state index is 12.7. The van der Waals surface area contributed by atoms with Crippen LogP contribution in [0.5, 0.6) is 0 Å². The molecule has 0 atom stereocenters. The second-order valence-corrected chi connectivity index (χ2v) is 4.86. The maximum Gasteiger partial charge on any atom is 0.416 e. The van der Waals surface area contributed by atoms with Gasteiger partial charge in [0.05, 0.1) is 5.56 Å². The molecule has 0 radical (unpaired) electrons. The number of aromatic amines is 1. The van der Waals surface area contributed by atoms with Crippen LogP contribution >= 0.6 is 27.5 Å². The Hall–Kier alpha value is -1.34. The third kappa shape index (κ3) is 2.98. The van der Waals surface area contributed by atoms with Gasteiger partial charge in [-0.25, -0.2) is 4.98 Å². The van der Waals surface area contributed by atoms with Gasteiger partial charge < -0.3 is 4.98 Å². The molecular weight excluding hydrogens is 348 g/mol. The van der Waals surface area contributed by atoms with Gasteiger partial charge in [-0.3, -0.25) is 4.79 Å². The smallest absolute Gasteiger partial charge is 0.330 e. The van der Waals surface area contributed by atoms with Crippen molar-refractivity contribution >= 4 is 33.8 Å². The van der Waals surface area contributed by atoms with Crippen LogP contribution in [0.4, 0.5) is 13.2 Å². The summed E-state index contributed by atoms with van der Waals surface area (Å²) in [5.41, 5.74) is -0.524. The summed E-state index contributed by atoms with van der Waals surface area (Å²) in [5, 5.41) is -0.0626. The van der Waals surface area contributed by atoms with Gasteiger partial charge >= 0.3 is 6.18 Å². The van der Waals surface area contributed by atoms with Crippen molar-refractivity contribution in [1.82, 2.24) is 9.97 Å². The van der Waals surface area contributed by atoms with Gasteiger partial charge in [0, 0.05) is 10.6 Å². The lowest BCUT2D eigenvalue weighted by molar-refractivity contribution is -0.137. The minimum Gasteiger partial charge on any atom is -0.330 e. The molecule has 100 valence electrons. The molecule has 0 aliphatic heterocycles. The van der Waals surface area contributed by atoms with Crippen molar-refractivity contribution in [2.75, 3.05) is 0 Å². The van der Waals surface area contributed by atoms with Crippen LogP contribution < -0.4 is 0 Å². The van der Waals surface area contributed by atoms with Gasteiger partial charge in [0.2, 0.25) is 0 Å². The number of rotatable bonds is 2. The van der Waals surface area contributed by atoms with Gasteiger partial charge in [-0.05, 0) is 34.1 Å². The SMILES string of the molecule is O=Cc1nc(-c2cc(Cl)cc(C(F)(F)F)c2)c(Br)[nH]1. The molecule has 0 fully saturated rings. The number of nitrogens with zero attached hydrogens (tertiary/aromatic N) is 1. The monoisotopic (exact) mass is 352 g/mol. The molecule has 0 aliphatic rings. The quantitative estimate of drug-likeness (QED) is 0.817. The minimum absolute atomic E-state index is 0.00964. The molecule has 19 heavy (non-hydrogen) atoms. The van der Waals surface area contributed by atoms with Crippen LogP contribution in [0.15, 0.2) is 22.8 Å². The molecule has 0 amide bonds. The first-order valence-corrected chi connectivity index (χ1v) is 6.07. The summed E-state index contributed by atoms with van der Waals surface area (Å²) >= 11 is 8.77. The molecular formula is C11H5BrClF3N2O. The number of aldehydes is 1. The van der Waals surface area contributed by atoms with E-state index in [0.29, 0.717) is 10.9 Å². The first-order chi connectivity index (χ1) is 8.81. The van der Waals surface area contributed by atoms with Crippen LogP contribution in [-0.4, -0.2) is 16.3 Å². The summed E-state index contributed by atoms with van der Waals surface area (Å²) in [4.78, 5) is 17.0. The molecule has 1 aromatic carbocycles. The van der Waals surface area contributed by atoms with Gasteiger partial charge in [-0.1, -0.05) is 11.6 Å². The number of carbonyl (C=O) groups excluding carboxylic acids is 1. The van der Waals surface area contributed by atoms with Crippen molar-refractivity contribution in [1.29, 1.82) is 0 Å². The Bertz CT molecular complexity index is 639. The van der Waals surface area contributed by atoms with Crippen LogP contribution in [0.2, 0.25) is 5.02 Å². The predicted molar refractivity (Wildman–Crippen MR) is 67.1 cm³/mol. The topological polar surface area (TPSA) is 45.8 Å². The molecule has 1 heterocycles. The zero-order valence-electron chi connectivity index (χ0n) is 9.05. The molecule has 0 bridgehead atoms. The lowest BCUT2D eigenvalue weighted by Crippen LogP contribution is -2.05. The number of imidazole rings is 1. The fraction of sp³-hybridized carbons (Fsp3) is 0.0909. The number of nitrogens with one attached hydrogen (secondary N) is 1. The molecule has 0 aliphatic carbocycles. The molecule has 8 heteroatoms. The summed E-state index contributed by atoms with van der Waals surface area (Å²) < 4.78 is 38.4. The number of hydrogen-bond donors (Lipinski definition) is 1. The largest absolute Gasteiger partial charge is 0.416 e. The molecule has 0 unspecified atom stereocenters. The highest BCUT2D eigenvalue weighted by Gasteiger charge is 2.31. The van der Waals surface area contributed by atoms with Crippen molar-refractivity contribution in [2.24, 2.45) is 0 Å². The average molecular weight is 354 g/mol. The highest BCUT2D eigenvalue weighted by Crippen LogP contribution is 2.35. The second-order valence-electron chi connectivity index (χ2n) is 3.63. The predicted octanol–water partition coefficient (Wildman–Crippen LogP) is 4.32. The second kappa shape index (κ2) is 4.97. The zero-order chi connectivity index (χ0) is 14.2. The normalized spacial score (nSPS) is 11.6. The van der Waals surface area contributed by atoms with Gasteiger partial charge in [0.15, 0.2) is 12.1 Å². The molecule has 2 aromatic rings. The lowest BCUT2D eigenvalue weighted by Gasteiger charge is -2.09. The van der Waals surface area contributed by atoms with Crippen molar-refractivity contribution in [3.8, 4) is 11.3 Å². The van der Waals surface area contributed by atoms with Gasteiger partial charge in [-0.15, -0.1) is 0 Å². The molecule has 1 N–H and O–H groups in total. The molecule has 1 aromatic heterocycles. The van der Waals surface area contributed by atoms with E-state index in [1.807, 2.05) is 0 Å². The summed E-state index contributed by atoms with van der Waals surface area (Å²) in [6.07, 6.45) is -4.04. The van der Waals surface area contributed by atoms with E-state index in [1.165, 1.54) is 6.07 Å². The maximum absolute atomic E-state index is 12.7. The first kappa shape index (κ1) is 14.1. The molecule has 2 rings (SSSR count). The molecule has 0 saturated carbocycles. The summed E-state index contributed by atoms with van der Waals surface area (Å²) in [5.74, 6) is 0.00964. The average Bonchev–Trinajstić information content (AvgIpc) is 2.68. The van der Waals surface area contributed by atoms with Crippen LogP contribution in [0.3, 0.4) is 0 Å². The van der Waals surface area contributed by atoms with Crippen LogP contribution in [-0.2, 0) is 6.18 Å². The van der Waals surface area contributed by atoms with Crippen molar-refractivity contribution < 1.29 is 18.0 Å². The number of aromatic nitrogens is 2. The van der Waals surface area contributed by atoms with Crippen molar-refractivity contribution in [3.05, 3.63) is 39.2 Å². The van der Waals surface area contributed by atoms with Gasteiger partial charge in [0.25, 0.3) is 0 Å². The minimum atomic E-state index is -4.50. The number of hydrogen-bond acceptors (Lipinski definition) is 2. The molecule has 0 spiro atoms. The van der Waals surface area contributed by atoms with E-state index in [4.69, 9.17) is 11.6 Å². The van der Waals surface area contributed by atoms with E-state index < -0.39 is 11.7 Å². The summed E-state index contributed by atoms with van der Waals surface area (Å²) in [6, 6.07) is 3.08. The Morgan fingerprint density at radius 2 is 2.00 bits per heavy atom. The number of halogens is 5. The van der Waals surface area contributed by atoms with Gasteiger partial charge in [0.1, 0.15) is 10.3 Å². The summed E-state index contributed by atoms with van der Waals surface area (Å²) in [6.45, 7) is 0. The molecule has 0 saturated heterocycles. The Balaban J connectivity index is 2.59. The Morgan fingerprint density at radius 3 is 2.53 bits per heavy atom. The van der Waals surface area contributed by atoms with Crippen LogP contribution in [0.25, 0.3) is 11.3 Å². The highest BCUT2D eigenvalue weighted by atomic mass is 79.9. The molecule has 3 nitrogen and oxygen atoms in total. The van der Waals surface area contributed by atoms with E-state index in [1.54, 1.807) is 0 Å². The van der Waals surface area contributed by atoms with Crippen LogP contribution in [0.1, 0.15) is 16.2 Å². The fourth-order valence-electron chi connectivity index (χ4n) is 1.51. The van der Waals surface area contributed by atoms with E-state index in [9.17, 15) is 18.0 Å². The van der Waals surface area contributed by atoms with E-state index in [-0.39, 0.29) is 22.1 Å².